The Kier molecular flexibility index (Phi) is 10.6. The van der Waals surface area contributed by atoms with Crippen LogP contribution < -0.4 is 5.32 Å². The molecular weight excluding hydrogens is 575 g/mol. The Morgan fingerprint density at radius 3 is 2.35 bits per heavy atom. The lowest BCUT2D eigenvalue weighted by atomic mass is 10.0. The first kappa shape index (κ1) is 29.2. The highest BCUT2D eigenvalue weighted by molar-refractivity contribution is 9.10. The van der Waals surface area contributed by atoms with Crippen molar-refractivity contribution in [3.05, 3.63) is 105 Å². The van der Waals surface area contributed by atoms with E-state index in [9.17, 15) is 14.0 Å². The average molecular weight is 606 g/mol. The van der Waals surface area contributed by atoms with Gasteiger partial charge in [-0.15, -0.1) is 11.8 Å². The number of carbonyl (C=O) groups is 2. The summed E-state index contributed by atoms with van der Waals surface area (Å²) >= 11 is 10.9. The molecule has 0 saturated heterocycles. The van der Waals surface area contributed by atoms with Gasteiger partial charge in [-0.05, 0) is 56.2 Å². The Balaban J connectivity index is 1.89. The molecule has 37 heavy (non-hydrogen) atoms. The standard InChI is InChI=1S/C29H31BrClFN2O2S/c1-29(2,3)33-28(36)26(16-20-9-5-4-6-10-20)34(17-21-11-7-12-22(30)15-21)27(35)19-37-18-23-24(31)13-8-14-25(23)32/h4-15,26H,16-19H2,1-3H3,(H,33,36)/t26-/m0/s1. The molecule has 0 aliphatic carbocycles. The number of hydrogen-bond acceptors (Lipinski definition) is 3. The first-order chi connectivity index (χ1) is 17.5. The third-order valence-electron chi connectivity index (χ3n) is 5.54. The fourth-order valence-electron chi connectivity index (χ4n) is 3.83. The zero-order valence-electron chi connectivity index (χ0n) is 21.1. The predicted molar refractivity (Wildman–Crippen MR) is 154 cm³/mol. The third-order valence-corrected chi connectivity index (χ3v) is 7.34. The summed E-state index contributed by atoms with van der Waals surface area (Å²) in [6.45, 7) is 6.01. The van der Waals surface area contributed by atoms with Crippen LogP contribution in [0.1, 0.15) is 37.5 Å². The molecule has 0 aliphatic rings. The molecule has 0 spiro atoms. The fourth-order valence-corrected chi connectivity index (χ4v) is 5.53. The number of amides is 2. The molecule has 0 radical (unpaired) electrons. The molecule has 0 aromatic heterocycles. The van der Waals surface area contributed by atoms with Gasteiger partial charge in [0.15, 0.2) is 0 Å². The zero-order chi connectivity index (χ0) is 27.0. The van der Waals surface area contributed by atoms with Gasteiger partial charge in [0.2, 0.25) is 11.8 Å². The second-order valence-corrected chi connectivity index (χ2v) is 12.1. The highest BCUT2D eigenvalue weighted by atomic mass is 79.9. The highest BCUT2D eigenvalue weighted by Gasteiger charge is 2.32. The van der Waals surface area contributed by atoms with Gasteiger partial charge in [-0.3, -0.25) is 9.59 Å². The summed E-state index contributed by atoms with van der Waals surface area (Å²) in [7, 11) is 0. The van der Waals surface area contributed by atoms with Gasteiger partial charge in [0.1, 0.15) is 11.9 Å². The van der Waals surface area contributed by atoms with Crippen molar-refractivity contribution in [2.24, 2.45) is 0 Å². The molecule has 1 atom stereocenters. The minimum Gasteiger partial charge on any atom is -0.350 e. The van der Waals surface area contributed by atoms with E-state index in [0.29, 0.717) is 17.0 Å². The molecule has 1 N–H and O–H groups in total. The van der Waals surface area contributed by atoms with Crippen LogP contribution >= 0.6 is 39.3 Å². The van der Waals surface area contributed by atoms with Crippen molar-refractivity contribution in [1.29, 1.82) is 0 Å². The summed E-state index contributed by atoms with van der Waals surface area (Å²) in [6, 6.07) is 21.2. The maximum Gasteiger partial charge on any atom is 0.243 e. The van der Waals surface area contributed by atoms with Crippen molar-refractivity contribution in [2.75, 3.05) is 5.75 Å². The van der Waals surface area contributed by atoms with Crippen LogP contribution in [0.15, 0.2) is 77.3 Å². The van der Waals surface area contributed by atoms with Crippen LogP contribution in [0.3, 0.4) is 0 Å². The largest absolute Gasteiger partial charge is 0.350 e. The van der Waals surface area contributed by atoms with E-state index in [1.165, 1.54) is 17.8 Å². The molecule has 196 valence electrons. The number of benzene rings is 3. The van der Waals surface area contributed by atoms with E-state index in [0.717, 1.165) is 15.6 Å². The molecule has 0 saturated carbocycles. The van der Waals surface area contributed by atoms with E-state index in [4.69, 9.17) is 11.6 Å². The molecule has 2 amide bonds. The lowest BCUT2D eigenvalue weighted by molar-refractivity contribution is -0.140. The summed E-state index contributed by atoms with van der Waals surface area (Å²) < 4.78 is 15.1. The van der Waals surface area contributed by atoms with Crippen molar-refractivity contribution >= 4 is 51.1 Å². The Morgan fingerprint density at radius 2 is 1.70 bits per heavy atom. The first-order valence-corrected chi connectivity index (χ1v) is 14.3. The van der Waals surface area contributed by atoms with Gasteiger partial charge in [0.25, 0.3) is 0 Å². The summed E-state index contributed by atoms with van der Waals surface area (Å²) in [5.41, 5.74) is 1.75. The maximum atomic E-state index is 14.2. The van der Waals surface area contributed by atoms with Crippen molar-refractivity contribution in [3.63, 3.8) is 0 Å². The second kappa shape index (κ2) is 13.4. The normalized spacial score (nSPS) is 12.2. The van der Waals surface area contributed by atoms with Crippen LogP contribution in [-0.4, -0.2) is 34.0 Å². The van der Waals surface area contributed by atoms with E-state index in [2.05, 4.69) is 21.2 Å². The van der Waals surface area contributed by atoms with Gasteiger partial charge in [0, 0.05) is 39.3 Å². The van der Waals surface area contributed by atoms with E-state index < -0.39 is 17.4 Å². The minimum atomic E-state index is -0.731. The average Bonchev–Trinajstić information content (AvgIpc) is 2.82. The molecule has 0 bridgehead atoms. The van der Waals surface area contributed by atoms with Crippen LogP contribution in [0, 0.1) is 5.82 Å². The van der Waals surface area contributed by atoms with Crippen molar-refractivity contribution < 1.29 is 14.0 Å². The van der Waals surface area contributed by atoms with Crippen molar-refractivity contribution in [2.45, 2.75) is 51.1 Å². The van der Waals surface area contributed by atoms with E-state index in [-0.39, 0.29) is 29.9 Å². The zero-order valence-corrected chi connectivity index (χ0v) is 24.3. The monoisotopic (exact) mass is 604 g/mol. The molecule has 3 rings (SSSR count). The van der Waals surface area contributed by atoms with Crippen molar-refractivity contribution in [1.82, 2.24) is 10.2 Å². The molecule has 8 heteroatoms. The van der Waals surface area contributed by atoms with E-state index >= 15 is 0 Å². The fraction of sp³-hybridized carbons (Fsp3) is 0.310. The molecule has 4 nitrogen and oxygen atoms in total. The topological polar surface area (TPSA) is 49.4 Å². The maximum absolute atomic E-state index is 14.2. The second-order valence-electron chi connectivity index (χ2n) is 9.79. The van der Waals surface area contributed by atoms with E-state index in [1.807, 2.05) is 75.4 Å². The van der Waals surface area contributed by atoms with Crippen LogP contribution in [0.4, 0.5) is 4.39 Å². The molecule has 0 unspecified atom stereocenters. The number of carbonyl (C=O) groups excluding carboxylic acids is 2. The number of halogens is 3. The Hall–Kier alpha value is -2.35. The predicted octanol–water partition coefficient (Wildman–Crippen LogP) is 7.03. The Bertz CT molecular complexity index is 1200. The number of thioether (sulfide) groups is 1. The van der Waals surface area contributed by atoms with Gasteiger partial charge in [-0.25, -0.2) is 4.39 Å². The lowest BCUT2D eigenvalue weighted by Crippen LogP contribution is -2.54. The van der Waals surface area contributed by atoms with Gasteiger partial charge in [-0.1, -0.05) is 76.1 Å². The molecule has 0 aliphatic heterocycles. The smallest absolute Gasteiger partial charge is 0.243 e. The number of nitrogens with one attached hydrogen (secondary N) is 1. The number of rotatable bonds is 10. The SMILES string of the molecule is CC(C)(C)NC(=O)[C@H](Cc1ccccc1)N(Cc1cccc(Br)c1)C(=O)CSCc1c(F)cccc1Cl. The number of nitrogens with zero attached hydrogens (tertiary/aromatic N) is 1. The molecule has 0 heterocycles. The summed E-state index contributed by atoms with van der Waals surface area (Å²) in [5, 5.41) is 3.38. The number of hydrogen-bond donors (Lipinski definition) is 1. The van der Waals surface area contributed by atoms with Gasteiger partial charge < -0.3 is 10.2 Å². The highest BCUT2D eigenvalue weighted by Crippen LogP contribution is 2.25. The first-order valence-electron chi connectivity index (χ1n) is 11.9. The Labute approximate surface area is 236 Å². The van der Waals surface area contributed by atoms with E-state index in [1.54, 1.807) is 17.0 Å². The summed E-state index contributed by atoms with van der Waals surface area (Å²) in [5.74, 6) is -0.499. The van der Waals surface area contributed by atoms with Gasteiger partial charge in [-0.2, -0.15) is 0 Å². The quantitative estimate of drug-likeness (QED) is 0.270. The van der Waals surface area contributed by atoms with Crippen LogP contribution in [0.2, 0.25) is 5.02 Å². The molecule has 0 fully saturated rings. The molecule has 3 aromatic carbocycles. The van der Waals surface area contributed by atoms with Gasteiger partial charge >= 0.3 is 0 Å². The Morgan fingerprint density at radius 1 is 1.03 bits per heavy atom. The minimum absolute atomic E-state index is 0.0761. The summed E-state index contributed by atoms with van der Waals surface area (Å²) in [4.78, 5) is 28.9. The molecule has 3 aromatic rings. The third kappa shape index (κ3) is 9.16. The van der Waals surface area contributed by atoms with Crippen LogP contribution in [-0.2, 0) is 28.3 Å². The van der Waals surface area contributed by atoms with Crippen LogP contribution in [0.25, 0.3) is 0 Å². The van der Waals surface area contributed by atoms with Crippen LogP contribution in [0.5, 0.6) is 0 Å². The molecular formula is C29H31BrClFN2O2S. The van der Waals surface area contributed by atoms with Crippen molar-refractivity contribution in [3.8, 4) is 0 Å². The lowest BCUT2D eigenvalue weighted by Gasteiger charge is -2.34. The van der Waals surface area contributed by atoms with Gasteiger partial charge in [0.05, 0.1) is 5.75 Å². The summed E-state index contributed by atoms with van der Waals surface area (Å²) in [6.07, 6.45) is 0.367.